The summed E-state index contributed by atoms with van der Waals surface area (Å²) in [7, 11) is 0. The van der Waals surface area contributed by atoms with Gasteiger partial charge < -0.3 is 19.3 Å². The third kappa shape index (κ3) is 4.72. The molecule has 1 rings (SSSR count). The van der Waals surface area contributed by atoms with Gasteiger partial charge in [-0.3, -0.25) is 0 Å². The first kappa shape index (κ1) is 13.3. The molecule has 1 heterocycles. The molecule has 0 aliphatic heterocycles. The van der Waals surface area contributed by atoms with Crippen molar-refractivity contribution in [2.45, 2.75) is 38.8 Å². The van der Waals surface area contributed by atoms with E-state index in [1.807, 2.05) is 0 Å². The molecule has 0 fully saturated rings. The highest BCUT2D eigenvalue weighted by molar-refractivity contribution is 5.69. The van der Waals surface area contributed by atoms with E-state index in [1.54, 1.807) is 26.8 Å². The maximum atomic E-state index is 11.6. The first-order chi connectivity index (χ1) is 7.92. The van der Waals surface area contributed by atoms with Gasteiger partial charge in [0.15, 0.2) is 0 Å². The smallest absolute Gasteiger partial charge is 0.408 e. The topological polar surface area (TPSA) is 68.5 Å². The molecule has 0 aliphatic carbocycles. The lowest BCUT2D eigenvalue weighted by Crippen LogP contribution is -2.35. The second-order valence-electron chi connectivity index (χ2n) is 4.66. The molecule has 0 unspecified atom stereocenters. The number of furan rings is 1. The van der Waals surface area contributed by atoms with Crippen LogP contribution in [0.4, 0.5) is 4.79 Å². The minimum absolute atomic E-state index is 0.179. The molecule has 1 aromatic heterocycles. The molecule has 1 atom stereocenters. The Hall–Kier alpha value is -1.78. The third-order valence-electron chi connectivity index (χ3n) is 1.97. The van der Waals surface area contributed by atoms with E-state index in [1.165, 1.54) is 12.5 Å². The van der Waals surface area contributed by atoms with Crippen LogP contribution < -0.4 is 5.32 Å². The highest BCUT2D eigenvalue weighted by Gasteiger charge is 2.20. The second-order valence-corrected chi connectivity index (χ2v) is 4.66. The normalized spacial score (nSPS) is 12.9. The summed E-state index contributed by atoms with van der Waals surface area (Å²) < 4.78 is 10.0. The van der Waals surface area contributed by atoms with Gasteiger partial charge in [-0.1, -0.05) is 0 Å². The molecule has 0 radical (unpaired) electrons. The molecule has 0 bridgehead atoms. The maximum Gasteiger partial charge on any atom is 0.408 e. The Labute approximate surface area is 100 Å². The van der Waals surface area contributed by atoms with Crippen molar-refractivity contribution in [3.63, 3.8) is 0 Å². The molecule has 0 aromatic carbocycles. The quantitative estimate of drug-likeness (QED) is 0.819. The molecule has 0 aliphatic rings. The lowest BCUT2D eigenvalue weighted by molar-refractivity contribution is -0.108. The monoisotopic (exact) mass is 239 g/mol. The van der Waals surface area contributed by atoms with E-state index in [9.17, 15) is 9.59 Å². The minimum Gasteiger partial charge on any atom is -0.472 e. The number of rotatable bonds is 4. The Morgan fingerprint density at radius 3 is 2.76 bits per heavy atom. The number of hydrogen-bond donors (Lipinski definition) is 1. The molecule has 0 spiro atoms. The van der Waals surface area contributed by atoms with E-state index in [2.05, 4.69) is 5.32 Å². The van der Waals surface area contributed by atoms with Crippen LogP contribution in [0.3, 0.4) is 0 Å². The average Bonchev–Trinajstić information content (AvgIpc) is 2.66. The molecule has 94 valence electrons. The van der Waals surface area contributed by atoms with Crippen LogP contribution in [-0.2, 0) is 9.53 Å². The summed E-state index contributed by atoms with van der Waals surface area (Å²) in [5, 5.41) is 2.62. The van der Waals surface area contributed by atoms with Crippen LogP contribution in [0.25, 0.3) is 0 Å². The molecule has 5 heteroatoms. The van der Waals surface area contributed by atoms with Crippen LogP contribution in [0.5, 0.6) is 0 Å². The zero-order chi connectivity index (χ0) is 12.9. The molecule has 0 saturated heterocycles. The van der Waals surface area contributed by atoms with Crippen LogP contribution in [0.1, 0.15) is 38.8 Å². The second kappa shape index (κ2) is 5.52. The van der Waals surface area contributed by atoms with Crippen molar-refractivity contribution in [1.29, 1.82) is 0 Å². The number of amides is 1. The number of carbonyl (C=O) groups is 2. The summed E-state index contributed by atoms with van der Waals surface area (Å²) in [5.74, 6) is 0. The Morgan fingerprint density at radius 2 is 2.29 bits per heavy atom. The van der Waals surface area contributed by atoms with Crippen LogP contribution in [0.15, 0.2) is 23.0 Å². The molecule has 5 nitrogen and oxygen atoms in total. The van der Waals surface area contributed by atoms with Crippen LogP contribution >= 0.6 is 0 Å². The molecule has 0 saturated carbocycles. The Morgan fingerprint density at radius 1 is 1.59 bits per heavy atom. The predicted octanol–water partition coefficient (Wildman–Crippen LogP) is 2.43. The van der Waals surface area contributed by atoms with Crippen molar-refractivity contribution in [2.24, 2.45) is 0 Å². The number of aldehydes is 1. The number of alkyl carbamates (subject to hydrolysis) is 1. The zero-order valence-electron chi connectivity index (χ0n) is 10.2. The van der Waals surface area contributed by atoms with Gasteiger partial charge in [0.2, 0.25) is 0 Å². The summed E-state index contributed by atoms with van der Waals surface area (Å²) in [6.45, 7) is 5.33. The van der Waals surface area contributed by atoms with Crippen molar-refractivity contribution in [3.8, 4) is 0 Å². The van der Waals surface area contributed by atoms with Gasteiger partial charge >= 0.3 is 6.09 Å². The molecule has 1 aromatic rings. The molecule has 17 heavy (non-hydrogen) atoms. The largest absolute Gasteiger partial charge is 0.472 e. The number of nitrogens with one attached hydrogen (secondary N) is 1. The fourth-order valence-corrected chi connectivity index (χ4v) is 1.30. The fourth-order valence-electron chi connectivity index (χ4n) is 1.30. The Balaban J connectivity index is 2.62. The van der Waals surface area contributed by atoms with Gasteiger partial charge in [-0.25, -0.2) is 4.79 Å². The van der Waals surface area contributed by atoms with Gasteiger partial charge in [-0.2, -0.15) is 0 Å². The summed E-state index contributed by atoms with van der Waals surface area (Å²) in [4.78, 5) is 22.1. The molecule has 1 N–H and O–H groups in total. The summed E-state index contributed by atoms with van der Waals surface area (Å²) >= 11 is 0. The van der Waals surface area contributed by atoms with E-state index in [4.69, 9.17) is 9.15 Å². The first-order valence-corrected chi connectivity index (χ1v) is 5.37. The summed E-state index contributed by atoms with van der Waals surface area (Å²) in [6, 6.07) is 1.28. The van der Waals surface area contributed by atoms with Crippen molar-refractivity contribution in [3.05, 3.63) is 24.2 Å². The average molecular weight is 239 g/mol. The zero-order valence-corrected chi connectivity index (χ0v) is 10.2. The van der Waals surface area contributed by atoms with Crippen molar-refractivity contribution < 1.29 is 18.7 Å². The van der Waals surface area contributed by atoms with E-state index in [0.717, 1.165) is 11.8 Å². The molecular weight excluding hydrogens is 222 g/mol. The van der Waals surface area contributed by atoms with E-state index in [-0.39, 0.29) is 6.42 Å². The van der Waals surface area contributed by atoms with Gasteiger partial charge in [-0.15, -0.1) is 0 Å². The lowest BCUT2D eigenvalue weighted by atomic mass is 10.1. The summed E-state index contributed by atoms with van der Waals surface area (Å²) in [6.07, 6.45) is 3.36. The number of hydrogen-bond acceptors (Lipinski definition) is 4. The third-order valence-corrected chi connectivity index (χ3v) is 1.97. The number of carbonyl (C=O) groups excluding carboxylic acids is 2. The van der Waals surface area contributed by atoms with Crippen LogP contribution in [0.2, 0.25) is 0 Å². The van der Waals surface area contributed by atoms with E-state index in [0.29, 0.717) is 0 Å². The highest BCUT2D eigenvalue weighted by atomic mass is 16.6. The van der Waals surface area contributed by atoms with Gasteiger partial charge in [0, 0.05) is 12.0 Å². The Kier molecular flexibility index (Phi) is 4.31. The Bertz CT molecular complexity index is 364. The molecular formula is C12H17NO4. The fraction of sp³-hybridized carbons (Fsp3) is 0.500. The highest BCUT2D eigenvalue weighted by Crippen LogP contribution is 2.17. The first-order valence-electron chi connectivity index (χ1n) is 5.37. The van der Waals surface area contributed by atoms with Gasteiger partial charge in [0.05, 0.1) is 18.6 Å². The molecule has 1 amide bonds. The number of ether oxygens (including phenoxy) is 1. The van der Waals surface area contributed by atoms with Gasteiger partial charge in [-0.05, 0) is 26.8 Å². The minimum atomic E-state index is -0.563. The van der Waals surface area contributed by atoms with Crippen LogP contribution in [0, 0.1) is 0 Å². The van der Waals surface area contributed by atoms with Crippen molar-refractivity contribution >= 4 is 12.4 Å². The van der Waals surface area contributed by atoms with E-state index >= 15 is 0 Å². The van der Waals surface area contributed by atoms with Gasteiger partial charge in [0.1, 0.15) is 11.9 Å². The van der Waals surface area contributed by atoms with Crippen molar-refractivity contribution in [2.75, 3.05) is 0 Å². The van der Waals surface area contributed by atoms with E-state index < -0.39 is 17.7 Å². The SMILES string of the molecule is CC(C)(C)OC(=O)N[C@@H](CC=O)c1ccoc1. The van der Waals surface area contributed by atoms with Crippen LogP contribution in [-0.4, -0.2) is 18.0 Å². The standard InChI is InChI=1S/C12H17NO4/c1-12(2,3)17-11(15)13-10(4-6-14)9-5-7-16-8-9/h5-8,10H,4H2,1-3H3,(H,13,15)/t10-/m0/s1. The maximum absolute atomic E-state index is 11.6. The predicted molar refractivity (Wildman–Crippen MR) is 61.5 cm³/mol. The lowest BCUT2D eigenvalue weighted by Gasteiger charge is -2.22. The summed E-state index contributed by atoms with van der Waals surface area (Å²) in [5.41, 5.74) is 0.176. The van der Waals surface area contributed by atoms with Gasteiger partial charge in [0.25, 0.3) is 0 Å². The van der Waals surface area contributed by atoms with Crippen molar-refractivity contribution in [1.82, 2.24) is 5.32 Å².